The van der Waals surface area contributed by atoms with Crippen LogP contribution in [0.2, 0.25) is 0 Å². The van der Waals surface area contributed by atoms with Crippen LogP contribution in [0.15, 0.2) is 35.3 Å². The summed E-state index contributed by atoms with van der Waals surface area (Å²) in [6, 6.07) is 10.4. The highest BCUT2D eigenvalue weighted by Crippen LogP contribution is 2.54. The van der Waals surface area contributed by atoms with Gasteiger partial charge in [0.05, 0.1) is 0 Å². The van der Waals surface area contributed by atoms with Crippen molar-refractivity contribution in [2.24, 2.45) is 28.7 Å². The molecule has 3 aliphatic heterocycles. The summed E-state index contributed by atoms with van der Waals surface area (Å²) in [5, 5.41) is 6.10. The van der Waals surface area contributed by atoms with Crippen molar-refractivity contribution in [2.45, 2.75) is 84.0 Å². The van der Waals surface area contributed by atoms with E-state index in [-0.39, 0.29) is 17.9 Å². The van der Waals surface area contributed by atoms with Crippen LogP contribution in [0.25, 0.3) is 0 Å². The molecule has 4 bridgehead atoms. The number of nitrogens with one attached hydrogen (secondary N) is 2. The van der Waals surface area contributed by atoms with Gasteiger partial charge in [-0.3, -0.25) is 14.7 Å². The van der Waals surface area contributed by atoms with E-state index in [0.717, 1.165) is 44.3 Å². The van der Waals surface area contributed by atoms with E-state index in [2.05, 4.69) is 35.6 Å². The van der Waals surface area contributed by atoms with Gasteiger partial charge in [0.15, 0.2) is 0 Å². The Balaban J connectivity index is 1.43. The predicted octanol–water partition coefficient (Wildman–Crippen LogP) is 4.41. The Labute approximate surface area is 216 Å². The van der Waals surface area contributed by atoms with Crippen molar-refractivity contribution in [3.63, 3.8) is 0 Å². The average molecular weight is 497 g/mol. The number of hydrogen-bond acceptors (Lipinski definition) is 5. The van der Waals surface area contributed by atoms with Crippen LogP contribution in [0.3, 0.4) is 0 Å². The Bertz CT molecular complexity index is 942. The molecule has 4 aliphatic rings. The second-order valence-corrected chi connectivity index (χ2v) is 12.3. The molecule has 1 aliphatic carbocycles. The number of ether oxygens (including phenoxy) is 1. The minimum absolute atomic E-state index is 0.0685. The number of likely N-dealkylation sites (tertiary alicyclic amines) is 1. The van der Waals surface area contributed by atoms with E-state index in [1.165, 1.54) is 0 Å². The van der Waals surface area contributed by atoms with Crippen molar-refractivity contribution in [3.05, 3.63) is 35.9 Å². The molecule has 1 saturated carbocycles. The van der Waals surface area contributed by atoms with Gasteiger partial charge in [0.1, 0.15) is 11.1 Å². The molecule has 7 heteroatoms. The molecule has 0 radical (unpaired) electrons. The zero-order valence-electron chi connectivity index (χ0n) is 22.6. The molecule has 3 heterocycles. The SMILES string of the molecule is CC(C)CN1CC2CC3(C(=O)NCc4ccccc4)N=CC2C1C3CCCCNC(=O)OC(C)(C)C. The quantitative estimate of drug-likeness (QED) is 0.470. The Morgan fingerprint density at radius 2 is 1.92 bits per heavy atom. The molecule has 1 aromatic carbocycles. The van der Waals surface area contributed by atoms with Crippen LogP contribution in [-0.2, 0) is 16.1 Å². The third-order valence-electron chi connectivity index (χ3n) is 7.80. The number of carbonyl (C=O) groups excluding carboxylic acids is 2. The molecule has 7 nitrogen and oxygen atoms in total. The molecule has 1 aromatic rings. The zero-order chi connectivity index (χ0) is 25.9. The fourth-order valence-electron chi connectivity index (χ4n) is 6.52. The van der Waals surface area contributed by atoms with Crippen LogP contribution in [0, 0.1) is 23.7 Å². The van der Waals surface area contributed by atoms with Crippen LogP contribution in [0.1, 0.15) is 65.9 Å². The number of aliphatic imine (C=N–C) groups is 1. The lowest BCUT2D eigenvalue weighted by Crippen LogP contribution is -2.63. The minimum atomic E-state index is -0.691. The standard InChI is InChI=1S/C29H44N4O3/c1-20(2)18-33-19-22-15-29(26(34)31-16-21-11-7-6-8-12-21)24(25(33)23(22)17-32-29)13-9-10-14-30-27(35)36-28(3,4)5/h6-8,11-12,17,20,22-25H,9-10,13-16,18-19H2,1-5H3,(H,30,35)(H,31,34). The van der Waals surface area contributed by atoms with Gasteiger partial charge in [0, 0.05) is 50.3 Å². The number of nitrogens with zero attached hydrogens (tertiary/aromatic N) is 2. The summed E-state index contributed by atoms with van der Waals surface area (Å²) in [4.78, 5) is 33.4. The number of benzene rings is 1. The Hall–Kier alpha value is -2.41. The van der Waals surface area contributed by atoms with Gasteiger partial charge in [-0.2, -0.15) is 0 Å². The van der Waals surface area contributed by atoms with Crippen molar-refractivity contribution in [1.82, 2.24) is 15.5 Å². The van der Waals surface area contributed by atoms with E-state index >= 15 is 0 Å². The van der Waals surface area contributed by atoms with Gasteiger partial charge in [0.25, 0.3) is 0 Å². The highest BCUT2D eigenvalue weighted by atomic mass is 16.6. The molecule has 1 saturated heterocycles. The van der Waals surface area contributed by atoms with E-state index in [4.69, 9.17) is 9.73 Å². The Morgan fingerprint density at radius 1 is 1.17 bits per heavy atom. The third kappa shape index (κ3) is 5.93. The summed E-state index contributed by atoms with van der Waals surface area (Å²) in [5.41, 5.74) is -0.0877. The molecule has 36 heavy (non-hydrogen) atoms. The first-order valence-electron chi connectivity index (χ1n) is 13.7. The van der Waals surface area contributed by atoms with E-state index in [0.29, 0.717) is 36.9 Å². The Morgan fingerprint density at radius 3 is 2.61 bits per heavy atom. The molecular formula is C29H44N4O3. The molecule has 2 fully saturated rings. The van der Waals surface area contributed by atoms with Crippen LogP contribution >= 0.6 is 0 Å². The molecule has 5 unspecified atom stereocenters. The Kier molecular flexibility index (Phi) is 8.08. The lowest BCUT2D eigenvalue weighted by atomic mass is 9.59. The van der Waals surface area contributed by atoms with E-state index in [1.54, 1.807) is 0 Å². The smallest absolute Gasteiger partial charge is 0.407 e. The van der Waals surface area contributed by atoms with E-state index < -0.39 is 11.1 Å². The molecule has 198 valence electrons. The van der Waals surface area contributed by atoms with Gasteiger partial charge >= 0.3 is 6.09 Å². The van der Waals surface area contributed by atoms with Gasteiger partial charge in [-0.15, -0.1) is 0 Å². The van der Waals surface area contributed by atoms with Gasteiger partial charge in [-0.05, 0) is 57.4 Å². The first-order chi connectivity index (χ1) is 17.1. The second kappa shape index (κ2) is 10.9. The molecular weight excluding hydrogens is 452 g/mol. The first kappa shape index (κ1) is 26.6. The summed E-state index contributed by atoms with van der Waals surface area (Å²) in [7, 11) is 0. The maximum Gasteiger partial charge on any atom is 0.407 e. The van der Waals surface area contributed by atoms with Crippen LogP contribution in [0.4, 0.5) is 4.79 Å². The van der Waals surface area contributed by atoms with Crippen molar-refractivity contribution in [3.8, 4) is 0 Å². The fourth-order valence-corrected chi connectivity index (χ4v) is 6.52. The number of amides is 2. The van der Waals surface area contributed by atoms with Gasteiger partial charge in [0.2, 0.25) is 5.91 Å². The zero-order valence-corrected chi connectivity index (χ0v) is 22.6. The molecule has 0 aromatic heterocycles. The minimum Gasteiger partial charge on any atom is -0.444 e. The van der Waals surface area contributed by atoms with E-state index in [9.17, 15) is 9.59 Å². The monoisotopic (exact) mass is 496 g/mol. The topological polar surface area (TPSA) is 83.0 Å². The number of alkyl carbamates (subject to hydrolysis) is 1. The first-order valence-corrected chi connectivity index (χ1v) is 13.7. The van der Waals surface area contributed by atoms with E-state index in [1.807, 2.05) is 51.1 Å². The number of unbranched alkanes of at least 4 members (excludes halogenated alkanes) is 1. The largest absolute Gasteiger partial charge is 0.444 e. The maximum atomic E-state index is 13.8. The summed E-state index contributed by atoms with van der Waals surface area (Å²) < 4.78 is 5.35. The lowest BCUT2D eigenvalue weighted by Gasteiger charge is -2.51. The van der Waals surface area contributed by atoms with Crippen molar-refractivity contribution in [2.75, 3.05) is 19.6 Å². The summed E-state index contributed by atoms with van der Waals surface area (Å²) in [6.07, 6.45) is 5.29. The molecule has 5 atom stereocenters. The predicted molar refractivity (Wildman–Crippen MR) is 143 cm³/mol. The van der Waals surface area contributed by atoms with Crippen molar-refractivity contribution < 1.29 is 14.3 Å². The summed E-state index contributed by atoms with van der Waals surface area (Å²) >= 11 is 0. The highest BCUT2D eigenvalue weighted by Gasteiger charge is 2.63. The number of carbonyl (C=O) groups is 2. The molecule has 5 rings (SSSR count). The van der Waals surface area contributed by atoms with Crippen molar-refractivity contribution >= 4 is 18.2 Å². The van der Waals surface area contributed by atoms with Crippen LogP contribution in [-0.4, -0.2) is 59.9 Å². The number of hydrogen-bond donors (Lipinski definition) is 2. The van der Waals surface area contributed by atoms with Crippen molar-refractivity contribution in [1.29, 1.82) is 0 Å². The fraction of sp³-hybridized carbons (Fsp3) is 0.690. The van der Waals surface area contributed by atoms with Gasteiger partial charge in [-0.1, -0.05) is 50.6 Å². The lowest BCUT2D eigenvalue weighted by molar-refractivity contribution is -0.132. The molecule has 2 N–H and O–H groups in total. The van der Waals surface area contributed by atoms with Crippen LogP contribution < -0.4 is 10.6 Å². The highest BCUT2D eigenvalue weighted by molar-refractivity contribution is 5.91. The summed E-state index contributed by atoms with van der Waals surface area (Å²) in [5.74, 6) is 1.78. The van der Waals surface area contributed by atoms with Gasteiger partial charge in [-0.25, -0.2) is 4.79 Å². The molecule has 2 amide bonds. The molecule has 0 spiro atoms. The normalized spacial score (nSPS) is 28.9. The maximum absolute atomic E-state index is 13.8. The third-order valence-corrected chi connectivity index (χ3v) is 7.80. The summed E-state index contributed by atoms with van der Waals surface area (Å²) in [6.45, 7) is 13.4. The number of rotatable bonds is 10. The second-order valence-electron chi connectivity index (χ2n) is 12.3. The van der Waals surface area contributed by atoms with Gasteiger partial charge < -0.3 is 15.4 Å². The van der Waals surface area contributed by atoms with Crippen LogP contribution in [0.5, 0.6) is 0 Å². The average Bonchev–Trinajstić information content (AvgIpc) is 3.10.